The van der Waals surface area contributed by atoms with Gasteiger partial charge in [0.1, 0.15) is 11.5 Å². The molecule has 4 aliphatic rings. The molecule has 0 radical (unpaired) electrons. The average Bonchev–Trinajstić information content (AvgIpc) is 3.21. The number of carbonyl (C=O) groups excluding carboxylic acids is 1. The number of amides is 1. The lowest BCUT2D eigenvalue weighted by atomic mass is 9.77. The lowest BCUT2D eigenvalue weighted by Gasteiger charge is -2.29. The summed E-state index contributed by atoms with van der Waals surface area (Å²) in [6.07, 6.45) is 5.58. The minimum Gasteiger partial charge on any atom is -0.481 e. The van der Waals surface area contributed by atoms with Gasteiger partial charge >= 0.3 is 5.97 Å². The molecule has 6 nitrogen and oxygen atoms in total. The monoisotopic (exact) mass is 306 g/mol. The third-order valence-corrected chi connectivity index (χ3v) is 5.80. The van der Waals surface area contributed by atoms with Gasteiger partial charge in [-0.05, 0) is 25.9 Å². The van der Waals surface area contributed by atoms with Crippen LogP contribution in [0.2, 0.25) is 0 Å². The molecule has 0 aromatic heterocycles. The van der Waals surface area contributed by atoms with Gasteiger partial charge in [-0.3, -0.25) is 14.5 Å². The summed E-state index contributed by atoms with van der Waals surface area (Å²) in [6.45, 7) is 5.43. The molecule has 3 fully saturated rings. The van der Waals surface area contributed by atoms with E-state index < -0.39 is 29.5 Å². The largest absolute Gasteiger partial charge is 0.481 e. The van der Waals surface area contributed by atoms with E-state index in [0.717, 1.165) is 19.5 Å². The maximum Gasteiger partial charge on any atom is 0.310 e. The fourth-order valence-electron chi connectivity index (χ4n) is 4.79. The van der Waals surface area contributed by atoms with Crippen LogP contribution in [0.1, 0.15) is 19.8 Å². The number of ether oxygens (including phenoxy) is 1. The summed E-state index contributed by atoms with van der Waals surface area (Å²) >= 11 is 0. The van der Waals surface area contributed by atoms with E-state index in [4.69, 9.17) is 4.74 Å². The van der Waals surface area contributed by atoms with Crippen molar-refractivity contribution in [1.82, 2.24) is 9.80 Å². The van der Waals surface area contributed by atoms with Crippen molar-refractivity contribution in [2.24, 2.45) is 11.8 Å². The van der Waals surface area contributed by atoms with Crippen LogP contribution < -0.4 is 0 Å². The Bertz CT molecular complexity index is 548. The second-order valence-corrected chi connectivity index (χ2v) is 6.88. The molecule has 2 bridgehead atoms. The zero-order valence-electron chi connectivity index (χ0n) is 12.8. The van der Waals surface area contributed by atoms with Gasteiger partial charge < -0.3 is 14.7 Å². The fraction of sp³-hybridized carbons (Fsp3) is 0.750. The van der Waals surface area contributed by atoms with E-state index in [1.165, 1.54) is 6.42 Å². The number of carboxylic acids is 1. The second kappa shape index (κ2) is 4.80. The fourth-order valence-corrected chi connectivity index (χ4v) is 4.79. The first kappa shape index (κ1) is 14.2. The third-order valence-electron chi connectivity index (χ3n) is 5.80. The first-order chi connectivity index (χ1) is 10.6. The SMILES string of the molecule is CCN1CCC[C@@H]1CN1C[C@@]23C=C[C@H](O2)[C@@H](C(=O)O)[C@@H]3C1=O. The summed E-state index contributed by atoms with van der Waals surface area (Å²) < 4.78 is 5.91. The highest BCUT2D eigenvalue weighted by molar-refractivity contribution is 5.90. The second-order valence-electron chi connectivity index (χ2n) is 6.88. The minimum absolute atomic E-state index is 0.0396. The highest BCUT2D eigenvalue weighted by Gasteiger charge is 2.67. The van der Waals surface area contributed by atoms with Crippen molar-refractivity contribution in [3.05, 3.63) is 12.2 Å². The van der Waals surface area contributed by atoms with Crippen molar-refractivity contribution in [2.45, 2.75) is 37.5 Å². The number of aliphatic carboxylic acids is 1. The van der Waals surface area contributed by atoms with Crippen LogP contribution in [0.15, 0.2) is 12.2 Å². The molecule has 1 amide bonds. The number of carboxylic acid groups (broad SMARTS) is 1. The summed E-state index contributed by atoms with van der Waals surface area (Å²) in [6, 6.07) is 0.397. The number of carbonyl (C=O) groups is 2. The topological polar surface area (TPSA) is 70.1 Å². The van der Waals surface area contributed by atoms with Crippen LogP contribution >= 0.6 is 0 Å². The highest BCUT2D eigenvalue weighted by atomic mass is 16.5. The molecule has 0 aliphatic carbocycles. The van der Waals surface area contributed by atoms with E-state index in [9.17, 15) is 14.7 Å². The van der Waals surface area contributed by atoms with Crippen molar-refractivity contribution in [2.75, 3.05) is 26.2 Å². The molecule has 4 heterocycles. The van der Waals surface area contributed by atoms with Crippen LogP contribution in [0.25, 0.3) is 0 Å². The van der Waals surface area contributed by atoms with E-state index in [1.807, 2.05) is 17.1 Å². The number of likely N-dealkylation sites (tertiary alicyclic amines) is 2. The average molecular weight is 306 g/mol. The van der Waals surface area contributed by atoms with Gasteiger partial charge in [-0.1, -0.05) is 19.1 Å². The van der Waals surface area contributed by atoms with Crippen molar-refractivity contribution >= 4 is 11.9 Å². The Morgan fingerprint density at radius 1 is 1.55 bits per heavy atom. The summed E-state index contributed by atoms with van der Waals surface area (Å²) in [5, 5.41) is 9.45. The third kappa shape index (κ3) is 1.80. The molecule has 0 unspecified atom stereocenters. The van der Waals surface area contributed by atoms with Crippen LogP contribution in [-0.2, 0) is 14.3 Å². The lowest BCUT2D eigenvalue weighted by molar-refractivity contribution is -0.148. The standard InChI is InChI=1S/C16H22N2O4/c1-2-17-7-3-4-10(17)8-18-9-16-6-5-11(22-16)12(15(20)21)13(16)14(18)19/h5-6,10-13H,2-4,7-9H2,1H3,(H,20,21)/t10-,11+,12-,13-,16-/m1/s1. The Morgan fingerprint density at radius 2 is 2.36 bits per heavy atom. The highest BCUT2D eigenvalue weighted by Crippen LogP contribution is 2.51. The molecule has 4 rings (SSSR count). The van der Waals surface area contributed by atoms with Gasteiger partial charge in [0.15, 0.2) is 0 Å². The molecule has 3 saturated heterocycles. The van der Waals surface area contributed by atoms with Gasteiger partial charge in [-0.15, -0.1) is 0 Å². The van der Waals surface area contributed by atoms with Gasteiger partial charge in [-0.25, -0.2) is 0 Å². The Labute approximate surface area is 129 Å². The zero-order valence-corrected chi connectivity index (χ0v) is 12.8. The zero-order chi connectivity index (χ0) is 15.5. The quantitative estimate of drug-likeness (QED) is 0.758. The normalized spacial score (nSPS) is 43.3. The smallest absolute Gasteiger partial charge is 0.310 e. The van der Waals surface area contributed by atoms with Crippen LogP contribution in [-0.4, -0.2) is 70.7 Å². The maximum absolute atomic E-state index is 12.8. The summed E-state index contributed by atoms with van der Waals surface area (Å²) in [5.41, 5.74) is -0.694. The van der Waals surface area contributed by atoms with Crippen molar-refractivity contribution in [3.63, 3.8) is 0 Å². The Kier molecular flexibility index (Phi) is 3.10. The van der Waals surface area contributed by atoms with Gasteiger partial charge in [0.2, 0.25) is 5.91 Å². The number of rotatable bonds is 4. The lowest BCUT2D eigenvalue weighted by Crippen LogP contribution is -2.43. The molecule has 0 aromatic carbocycles. The molecule has 1 spiro atoms. The van der Waals surface area contributed by atoms with Gasteiger partial charge in [-0.2, -0.15) is 0 Å². The van der Waals surface area contributed by atoms with E-state index in [2.05, 4.69) is 11.8 Å². The van der Waals surface area contributed by atoms with Gasteiger partial charge in [0.25, 0.3) is 0 Å². The molecule has 6 heteroatoms. The number of likely N-dealkylation sites (N-methyl/N-ethyl adjacent to an activating group) is 1. The summed E-state index contributed by atoms with van der Waals surface area (Å²) in [5.74, 6) is -2.24. The molecular weight excluding hydrogens is 284 g/mol. The van der Waals surface area contributed by atoms with Crippen molar-refractivity contribution in [1.29, 1.82) is 0 Å². The maximum atomic E-state index is 12.8. The minimum atomic E-state index is -0.924. The Balaban J connectivity index is 1.55. The first-order valence-corrected chi connectivity index (χ1v) is 8.18. The molecule has 22 heavy (non-hydrogen) atoms. The predicted octanol–water partition coefficient (Wildman–Crippen LogP) is 0.337. The van der Waals surface area contributed by atoms with E-state index >= 15 is 0 Å². The van der Waals surface area contributed by atoms with E-state index in [0.29, 0.717) is 19.1 Å². The van der Waals surface area contributed by atoms with E-state index in [-0.39, 0.29) is 5.91 Å². The number of hydrogen-bond acceptors (Lipinski definition) is 4. The number of hydrogen-bond donors (Lipinski definition) is 1. The van der Waals surface area contributed by atoms with Gasteiger partial charge in [0.05, 0.1) is 18.6 Å². The molecule has 120 valence electrons. The summed E-state index contributed by atoms with van der Waals surface area (Å²) in [7, 11) is 0. The molecular formula is C16H22N2O4. The summed E-state index contributed by atoms with van der Waals surface area (Å²) in [4.78, 5) is 28.6. The van der Waals surface area contributed by atoms with Crippen LogP contribution in [0.3, 0.4) is 0 Å². The molecule has 0 aromatic rings. The first-order valence-electron chi connectivity index (χ1n) is 8.18. The molecule has 5 atom stereocenters. The van der Waals surface area contributed by atoms with Crippen LogP contribution in [0, 0.1) is 11.8 Å². The van der Waals surface area contributed by atoms with Crippen molar-refractivity contribution < 1.29 is 19.4 Å². The predicted molar refractivity (Wildman–Crippen MR) is 78.2 cm³/mol. The Morgan fingerprint density at radius 3 is 3.09 bits per heavy atom. The van der Waals surface area contributed by atoms with Crippen molar-refractivity contribution in [3.8, 4) is 0 Å². The molecule has 0 saturated carbocycles. The molecule has 4 aliphatic heterocycles. The van der Waals surface area contributed by atoms with Gasteiger partial charge in [0, 0.05) is 12.6 Å². The van der Waals surface area contributed by atoms with E-state index in [1.54, 1.807) is 0 Å². The van der Waals surface area contributed by atoms with Crippen LogP contribution in [0.5, 0.6) is 0 Å². The number of nitrogens with zero attached hydrogens (tertiary/aromatic N) is 2. The number of fused-ring (bicyclic) bond motifs is 1. The Hall–Kier alpha value is -1.40. The molecule has 1 N–H and O–H groups in total. The van der Waals surface area contributed by atoms with Crippen LogP contribution in [0.4, 0.5) is 0 Å².